The van der Waals surface area contributed by atoms with Crippen LogP contribution >= 0.6 is 0 Å². The second kappa shape index (κ2) is 9.78. The molecule has 1 rings (SSSR count). The van der Waals surface area contributed by atoms with Gasteiger partial charge in [-0.25, -0.2) is 0 Å². The molecule has 0 bridgehead atoms. The van der Waals surface area contributed by atoms with Gasteiger partial charge in [0, 0.05) is 37.4 Å². The van der Waals surface area contributed by atoms with Crippen molar-refractivity contribution >= 4 is 17.7 Å². The summed E-state index contributed by atoms with van der Waals surface area (Å²) in [5, 5.41) is 8.96. The molecule has 144 valence electrons. The van der Waals surface area contributed by atoms with Gasteiger partial charge in [0.15, 0.2) is 0 Å². The van der Waals surface area contributed by atoms with Gasteiger partial charge in [0.2, 0.25) is 17.7 Å². The van der Waals surface area contributed by atoms with E-state index in [0.29, 0.717) is 0 Å². The molecule has 0 aliphatic carbocycles. The van der Waals surface area contributed by atoms with Crippen molar-refractivity contribution in [3.63, 3.8) is 0 Å². The Hall–Kier alpha value is -1.59. The number of amides is 3. The van der Waals surface area contributed by atoms with Gasteiger partial charge in [-0.05, 0) is 17.8 Å². The fraction of sp³-hybridized carbons (Fsp3) is 0.842. The molecule has 25 heavy (non-hydrogen) atoms. The smallest absolute Gasteiger partial charge is 0.222 e. The number of carbonyl (C=O) groups excluding carboxylic acids is 3. The highest BCUT2D eigenvalue weighted by Crippen LogP contribution is 2.15. The Bertz CT molecular complexity index is 441. The second-order valence-corrected chi connectivity index (χ2v) is 8.01. The lowest BCUT2D eigenvalue weighted by Crippen LogP contribution is -2.51. The molecule has 0 aromatic heterocycles. The maximum atomic E-state index is 12.4. The van der Waals surface area contributed by atoms with E-state index < -0.39 is 0 Å². The molecular formula is C19H35N3O3. The van der Waals surface area contributed by atoms with Crippen molar-refractivity contribution in [2.45, 2.75) is 85.4 Å². The molecule has 6 heteroatoms. The van der Waals surface area contributed by atoms with Gasteiger partial charge in [0.25, 0.3) is 0 Å². The van der Waals surface area contributed by atoms with Gasteiger partial charge < -0.3 is 16.0 Å². The topological polar surface area (TPSA) is 87.3 Å². The summed E-state index contributed by atoms with van der Waals surface area (Å²) in [7, 11) is 0. The third-order valence-electron chi connectivity index (χ3n) is 5.20. The van der Waals surface area contributed by atoms with Crippen molar-refractivity contribution in [2.75, 3.05) is 0 Å². The number of hydrogen-bond donors (Lipinski definition) is 3. The predicted molar refractivity (Wildman–Crippen MR) is 98.8 cm³/mol. The van der Waals surface area contributed by atoms with E-state index >= 15 is 0 Å². The van der Waals surface area contributed by atoms with Crippen LogP contribution in [0.3, 0.4) is 0 Å². The number of carbonyl (C=O) groups is 3. The van der Waals surface area contributed by atoms with Crippen LogP contribution in [0.2, 0.25) is 0 Å². The Kier molecular flexibility index (Phi) is 8.39. The highest BCUT2D eigenvalue weighted by atomic mass is 16.2. The molecule has 0 spiro atoms. The summed E-state index contributed by atoms with van der Waals surface area (Å²) in [5.41, 5.74) is 0. The van der Waals surface area contributed by atoms with E-state index in [0.717, 1.165) is 6.42 Å². The quantitative estimate of drug-likeness (QED) is 0.722. The fourth-order valence-corrected chi connectivity index (χ4v) is 2.98. The van der Waals surface area contributed by atoms with Crippen LogP contribution in [0.4, 0.5) is 0 Å². The van der Waals surface area contributed by atoms with Crippen LogP contribution < -0.4 is 16.0 Å². The predicted octanol–water partition coefficient (Wildman–Crippen LogP) is 1.98. The molecule has 3 N–H and O–H groups in total. The largest absolute Gasteiger partial charge is 0.353 e. The van der Waals surface area contributed by atoms with Crippen molar-refractivity contribution in [2.24, 2.45) is 17.8 Å². The highest BCUT2D eigenvalue weighted by molar-refractivity contribution is 5.83. The monoisotopic (exact) mass is 353 g/mol. The molecule has 4 atom stereocenters. The molecule has 6 nitrogen and oxygen atoms in total. The average molecular weight is 354 g/mol. The number of hydrogen-bond acceptors (Lipinski definition) is 3. The normalized spacial score (nSPS) is 27.8. The Morgan fingerprint density at radius 3 is 1.36 bits per heavy atom. The third kappa shape index (κ3) is 7.04. The Balaban J connectivity index is 3.04. The molecule has 0 saturated carbocycles. The molecule has 1 saturated heterocycles. The minimum absolute atomic E-state index is 0.113. The van der Waals surface area contributed by atoms with Crippen LogP contribution in [0.1, 0.15) is 67.2 Å². The van der Waals surface area contributed by atoms with Gasteiger partial charge in [-0.2, -0.15) is 0 Å². The van der Waals surface area contributed by atoms with E-state index in [1.807, 2.05) is 34.6 Å². The first-order chi connectivity index (χ1) is 11.6. The first-order valence-corrected chi connectivity index (χ1v) is 9.52. The summed E-state index contributed by atoms with van der Waals surface area (Å²) in [4.78, 5) is 37.2. The lowest BCUT2D eigenvalue weighted by Gasteiger charge is -2.30. The van der Waals surface area contributed by atoms with Crippen molar-refractivity contribution in [1.82, 2.24) is 16.0 Å². The van der Waals surface area contributed by atoms with Crippen molar-refractivity contribution < 1.29 is 14.4 Å². The van der Waals surface area contributed by atoms with Gasteiger partial charge >= 0.3 is 0 Å². The van der Waals surface area contributed by atoms with E-state index in [1.54, 1.807) is 0 Å². The van der Waals surface area contributed by atoms with Gasteiger partial charge in [-0.15, -0.1) is 0 Å². The molecule has 1 heterocycles. The van der Waals surface area contributed by atoms with E-state index in [-0.39, 0.29) is 72.9 Å². The molecule has 4 unspecified atom stereocenters. The molecule has 1 aliphatic heterocycles. The van der Waals surface area contributed by atoms with Crippen molar-refractivity contribution in [3.8, 4) is 0 Å². The van der Waals surface area contributed by atoms with Crippen molar-refractivity contribution in [3.05, 3.63) is 0 Å². The summed E-state index contributed by atoms with van der Waals surface area (Å²) >= 11 is 0. The molecular weight excluding hydrogens is 318 g/mol. The summed E-state index contributed by atoms with van der Waals surface area (Å²) in [6, 6.07) is -0.589. The number of rotatable bonds is 4. The zero-order valence-electron chi connectivity index (χ0n) is 16.5. The molecule has 0 aromatic carbocycles. The Labute approximate surface area is 151 Å². The first kappa shape index (κ1) is 21.5. The van der Waals surface area contributed by atoms with Crippen LogP contribution in [0.15, 0.2) is 0 Å². The van der Waals surface area contributed by atoms with Crippen LogP contribution in [0.5, 0.6) is 0 Å². The highest BCUT2D eigenvalue weighted by Gasteiger charge is 2.29. The molecule has 0 aromatic rings. The summed E-state index contributed by atoms with van der Waals surface area (Å²) in [6.45, 7) is 12.1. The number of nitrogens with one attached hydrogen (secondary N) is 3. The maximum Gasteiger partial charge on any atom is 0.222 e. The Morgan fingerprint density at radius 1 is 0.720 bits per heavy atom. The summed E-state index contributed by atoms with van der Waals surface area (Å²) in [5.74, 6) is 0.182. The lowest BCUT2D eigenvalue weighted by atomic mass is 9.93. The zero-order valence-corrected chi connectivity index (χ0v) is 16.5. The van der Waals surface area contributed by atoms with Gasteiger partial charge in [-0.1, -0.05) is 48.0 Å². The van der Waals surface area contributed by atoms with Gasteiger partial charge in [-0.3, -0.25) is 14.4 Å². The third-order valence-corrected chi connectivity index (χ3v) is 5.20. The van der Waals surface area contributed by atoms with Crippen LogP contribution in [0, 0.1) is 17.8 Å². The van der Waals surface area contributed by atoms with E-state index in [2.05, 4.69) is 22.9 Å². The zero-order chi connectivity index (χ0) is 19.1. The van der Waals surface area contributed by atoms with Crippen LogP contribution in [-0.2, 0) is 14.4 Å². The molecule has 3 amide bonds. The fourth-order valence-electron chi connectivity index (χ4n) is 2.98. The lowest BCUT2D eigenvalue weighted by molar-refractivity contribution is -0.127. The second-order valence-electron chi connectivity index (χ2n) is 8.01. The van der Waals surface area contributed by atoms with Gasteiger partial charge in [0.1, 0.15) is 0 Å². The minimum atomic E-state index is -0.201. The Morgan fingerprint density at radius 2 is 1.04 bits per heavy atom. The summed E-state index contributed by atoms with van der Waals surface area (Å²) < 4.78 is 0. The molecule has 1 aliphatic rings. The van der Waals surface area contributed by atoms with Gasteiger partial charge in [0.05, 0.1) is 0 Å². The summed E-state index contributed by atoms with van der Waals surface area (Å²) in [6.07, 6.45) is 1.61. The minimum Gasteiger partial charge on any atom is -0.353 e. The standard InChI is InChI=1S/C19H35N3O3/c1-7-13(6)16-10-19(25)21-14(11(2)3)8-17(23)20-15(12(4)5)9-18(24)22-16/h11-16H,7-10H2,1-6H3,(H,20,23)(H,21,25)(H,22,24). The van der Waals surface area contributed by atoms with E-state index in [1.165, 1.54) is 0 Å². The first-order valence-electron chi connectivity index (χ1n) is 9.52. The maximum absolute atomic E-state index is 12.4. The average Bonchev–Trinajstić information content (AvgIpc) is 2.50. The van der Waals surface area contributed by atoms with Crippen LogP contribution in [0.25, 0.3) is 0 Å². The van der Waals surface area contributed by atoms with Crippen LogP contribution in [-0.4, -0.2) is 35.8 Å². The molecule has 0 radical (unpaired) electrons. The van der Waals surface area contributed by atoms with E-state index in [4.69, 9.17) is 0 Å². The SMILES string of the molecule is CCC(C)C1CC(=O)NC(C(C)C)CC(=O)NC(C(C)C)CC(=O)N1. The van der Waals surface area contributed by atoms with Crippen molar-refractivity contribution in [1.29, 1.82) is 0 Å². The van der Waals surface area contributed by atoms with E-state index in [9.17, 15) is 14.4 Å². The molecule has 1 fully saturated rings.